The van der Waals surface area contributed by atoms with Crippen molar-refractivity contribution < 1.29 is 23.4 Å². The fourth-order valence-electron chi connectivity index (χ4n) is 2.81. The third kappa shape index (κ3) is 6.30. The SMILES string of the molecule is CN(N)C=O.CN(N)c1cccc(C(F)F)c1COc1ccc(O)cc1C1CC1. The van der Waals surface area contributed by atoms with Gasteiger partial charge >= 0.3 is 0 Å². The van der Waals surface area contributed by atoms with E-state index in [1.807, 2.05) is 0 Å². The molecule has 2 aromatic rings. The molecule has 158 valence electrons. The van der Waals surface area contributed by atoms with E-state index in [0.29, 0.717) is 29.3 Å². The molecular formula is C20H26F2N4O3. The number of ether oxygens (including phenoxy) is 1. The number of nitrogens with two attached hydrogens (primary N) is 2. The van der Waals surface area contributed by atoms with Gasteiger partial charge in [-0.05, 0) is 43.0 Å². The molecule has 9 heteroatoms. The van der Waals surface area contributed by atoms with E-state index in [1.54, 1.807) is 31.3 Å². The van der Waals surface area contributed by atoms with Crippen LogP contribution in [0.5, 0.6) is 11.5 Å². The van der Waals surface area contributed by atoms with Gasteiger partial charge in [-0.2, -0.15) is 0 Å². The van der Waals surface area contributed by atoms with Gasteiger partial charge < -0.3 is 14.9 Å². The normalized spacial score (nSPS) is 12.8. The Morgan fingerprint density at radius 3 is 2.41 bits per heavy atom. The molecule has 0 spiro atoms. The zero-order chi connectivity index (χ0) is 21.6. The van der Waals surface area contributed by atoms with Gasteiger partial charge in [0.25, 0.3) is 6.43 Å². The minimum atomic E-state index is -2.61. The molecule has 7 nitrogen and oxygen atoms in total. The van der Waals surface area contributed by atoms with Crippen molar-refractivity contribution in [2.24, 2.45) is 11.7 Å². The summed E-state index contributed by atoms with van der Waals surface area (Å²) in [4.78, 5) is 9.31. The number of aromatic hydroxyl groups is 1. The molecule has 2 aromatic carbocycles. The predicted octanol–water partition coefficient (Wildman–Crippen LogP) is 3.04. The van der Waals surface area contributed by atoms with Crippen LogP contribution in [-0.4, -0.2) is 30.6 Å². The molecule has 1 saturated carbocycles. The first-order valence-corrected chi connectivity index (χ1v) is 9.01. The van der Waals surface area contributed by atoms with Crippen LogP contribution in [0.25, 0.3) is 0 Å². The van der Waals surface area contributed by atoms with Crippen LogP contribution >= 0.6 is 0 Å². The van der Waals surface area contributed by atoms with Crippen LogP contribution in [-0.2, 0) is 11.4 Å². The molecule has 0 saturated heterocycles. The minimum Gasteiger partial charge on any atom is -0.508 e. The Morgan fingerprint density at radius 1 is 1.24 bits per heavy atom. The Kier molecular flexibility index (Phi) is 7.74. The maximum atomic E-state index is 13.3. The molecule has 0 unspecified atom stereocenters. The fourth-order valence-corrected chi connectivity index (χ4v) is 2.81. The highest BCUT2D eigenvalue weighted by Gasteiger charge is 2.27. The first-order chi connectivity index (χ1) is 13.7. The topological polar surface area (TPSA) is 105 Å². The highest BCUT2D eigenvalue weighted by Crippen LogP contribution is 2.45. The quantitative estimate of drug-likeness (QED) is 0.282. The number of hydrogen-bond donors (Lipinski definition) is 3. The van der Waals surface area contributed by atoms with Crippen LogP contribution < -0.4 is 21.4 Å². The minimum absolute atomic E-state index is 0.0120. The molecule has 5 N–H and O–H groups in total. The van der Waals surface area contributed by atoms with Crippen molar-refractivity contribution in [3.8, 4) is 11.5 Å². The molecule has 3 rings (SSSR count). The zero-order valence-electron chi connectivity index (χ0n) is 16.4. The van der Waals surface area contributed by atoms with Gasteiger partial charge in [0, 0.05) is 30.8 Å². The standard InChI is InChI=1S/C18H20F2N2O2.C2H6N2O/c1-22(21)16-4-2-3-13(18(19)20)15(16)10-24-17-8-7-12(23)9-14(17)11-5-6-11;1-4(3)2-5/h2-4,7-9,11,18,23H,5-6,10,21H2,1H3;2H,3H2,1H3. The Balaban J connectivity index is 0.000000537. The number of alkyl halides is 2. The summed E-state index contributed by atoms with van der Waals surface area (Å²) in [5.41, 5.74) is 1.70. The van der Waals surface area contributed by atoms with Crippen molar-refractivity contribution in [3.05, 3.63) is 53.1 Å². The summed E-state index contributed by atoms with van der Waals surface area (Å²) in [7, 11) is 3.07. The lowest BCUT2D eigenvalue weighted by Crippen LogP contribution is -2.27. The number of phenols is 1. The number of halogens is 2. The number of hydrazine groups is 2. The van der Waals surface area contributed by atoms with E-state index < -0.39 is 6.43 Å². The summed E-state index contributed by atoms with van der Waals surface area (Å²) in [6, 6.07) is 9.52. The van der Waals surface area contributed by atoms with Crippen molar-refractivity contribution in [2.45, 2.75) is 31.8 Å². The summed E-state index contributed by atoms with van der Waals surface area (Å²) in [5, 5.41) is 11.9. The molecule has 29 heavy (non-hydrogen) atoms. The second kappa shape index (κ2) is 10.0. The fraction of sp³-hybridized carbons (Fsp3) is 0.350. The first-order valence-electron chi connectivity index (χ1n) is 9.01. The van der Waals surface area contributed by atoms with Gasteiger partial charge in [-0.1, -0.05) is 12.1 Å². The van der Waals surface area contributed by atoms with Gasteiger partial charge in [-0.15, -0.1) is 0 Å². The Bertz CT molecular complexity index is 801. The highest BCUT2D eigenvalue weighted by molar-refractivity contribution is 5.56. The van der Waals surface area contributed by atoms with E-state index in [1.165, 1.54) is 24.2 Å². The lowest BCUT2D eigenvalue weighted by molar-refractivity contribution is -0.117. The van der Waals surface area contributed by atoms with Gasteiger partial charge in [-0.3, -0.25) is 9.80 Å². The van der Waals surface area contributed by atoms with E-state index in [9.17, 15) is 18.7 Å². The number of carbonyl (C=O) groups is 1. The predicted molar refractivity (Wildman–Crippen MR) is 106 cm³/mol. The summed E-state index contributed by atoms with van der Waals surface area (Å²) in [6.07, 6.45) is 0.0141. The Labute approximate surface area is 168 Å². The van der Waals surface area contributed by atoms with Crippen LogP contribution in [0.1, 0.15) is 41.9 Å². The molecule has 0 atom stereocenters. The van der Waals surface area contributed by atoms with Crippen LogP contribution in [0.3, 0.4) is 0 Å². The van der Waals surface area contributed by atoms with Crippen LogP contribution in [0.15, 0.2) is 36.4 Å². The van der Waals surface area contributed by atoms with Crippen LogP contribution in [0.4, 0.5) is 14.5 Å². The van der Waals surface area contributed by atoms with E-state index in [-0.39, 0.29) is 17.9 Å². The number of phenolic OH excluding ortho intramolecular Hbond substituents is 1. The highest BCUT2D eigenvalue weighted by atomic mass is 19.3. The number of hydrogen-bond acceptors (Lipinski definition) is 6. The first kappa shape index (κ1) is 22.4. The lowest BCUT2D eigenvalue weighted by Gasteiger charge is -2.21. The second-order valence-electron chi connectivity index (χ2n) is 6.81. The molecule has 1 aliphatic carbocycles. The maximum absolute atomic E-state index is 13.3. The van der Waals surface area contributed by atoms with Gasteiger partial charge in [0.15, 0.2) is 0 Å². The van der Waals surface area contributed by atoms with Crippen molar-refractivity contribution in [3.63, 3.8) is 0 Å². The van der Waals surface area contributed by atoms with Gasteiger partial charge in [-0.25, -0.2) is 20.5 Å². The van der Waals surface area contributed by atoms with E-state index in [4.69, 9.17) is 16.4 Å². The van der Waals surface area contributed by atoms with Crippen molar-refractivity contribution in [2.75, 3.05) is 19.1 Å². The third-order valence-corrected chi connectivity index (χ3v) is 4.35. The number of anilines is 1. The molecule has 1 amide bonds. The van der Waals surface area contributed by atoms with Crippen molar-refractivity contribution >= 4 is 12.1 Å². The average Bonchev–Trinajstić information content (AvgIpc) is 3.52. The zero-order valence-corrected chi connectivity index (χ0v) is 16.4. The molecule has 1 aliphatic rings. The van der Waals surface area contributed by atoms with E-state index >= 15 is 0 Å². The summed E-state index contributed by atoms with van der Waals surface area (Å²) < 4.78 is 32.5. The molecule has 0 aromatic heterocycles. The molecule has 0 aliphatic heterocycles. The average molecular weight is 408 g/mol. The molecule has 0 bridgehead atoms. The van der Waals surface area contributed by atoms with E-state index in [2.05, 4.69) is 0 Å². The molecular weight excluding hydrogens is 382 g/mol. The number of amides is 1. The smallest absolute Gasteiger partial charge is 0.264 e. The number of carbonyl (C=O) groups excluding carboxylic acids is 1. The third-order valence-electron chi connectivity index (χ3n) is 4.35. The van der Waals surface area contributed by atoms with Crippen LogP contribution in [0, 0.1) is 0 Å². The Hall–Kier alpha value is -2.91. The molecule has 0 radical (unpaired) electrons. The number of nitrogens with zero attached hydrogens (tertiary/aromatic N) is 2. The van der Waals surface area contributed by atoms with Gasteiger partial charge in [0.1, 0.15) is 18.1 Å². The second-order valence-corrected chi connectivity index (χ2v) is 6.81. The monoisotopic (exact) mass is 408 g/mol. The summed E-state index contributed by atoms with van der Waals surface area (Å²) >= 11 is 0. The largest absolute Gasteiger partial charge is 0.508 e. The Morgan fingerprint density at radius 2 is 1.90 bits per heavy atom. The van der Waals surface area contributed by atoms with Crippen molar-refractivity contribution in [1.82, 2.24) is 5.01 Å². The van der Waals surface area contributed by atoms with Gasteiger partial charge in [0.2, 0.25) is 6.41 Å². The molecule has 1 fully saturated rings. The summed E-state index contributed by atoms with van der Waals surface area (Å²) in [6.45, 7) is -0.0120. The maximum Gasteiger partial charge on any atom is 0.264 e. The van der Waals surface area contributed by atoms with Crippen LogP contribution in [0.2, 0.25) is 0 Å². The van der Waals surface area contributed by atoms with Crippen molar-refractivity contribution in [1.29, 1.82) is 0 Å². The lowest BCUT2D eigenvalue weighted by atomic mass is 10.1. The summed E-state index contributed by atoms with van der Waals surface area (Å²) in [5.74, 6) is 11.7. The van der Waals surface area contributed by atoms with E-state index in [0.717, 1.165) is 23.4 Å². The number of rotatable bonds is 7. The number of benzene rings is 2. The van der Waals surface area contributed by atoms with Gasteiger partial charge in [0.05, 0.1) is 5.69 Å². The molecule has 0 heterocycles.